The lowest BCUT2D eigenvalue weighted by molar-refractivity contribution is 0.0506. The van der Waals surface area contributed by atoms with Crippen LogP contribution in [0.1, 0.15) is 55.3 Å². The second-order valence-corrected chi connectivity index (χ2v) is 8.70. The quantitative estimate of drug-likeness (QED) is 0.409. The summed E-state index contributed by atoms with van der Waals surface area (Å²) in [6.45, 7) is 3.45. The first kappa shape index (κ1) is 25.9. The molecule has 0 aliphatic heterocycles. The molecule has 0 aliphatic carbocycles. The molecule has 35 heavy (non-hydrogen) atoms. The predicted molar refractivity (Wildman–Crippen MR) is 125 cm³/mol. The second-order valence-electron chi connectivity index (χ2n) is 7.68. The lowest BCUT2D eigenvalue weighted by Crippen LogP contribution is -2.21. The Balaban J connectivity index is 1.78. The molecular formula is C24H24F2N2O6S. The van der Waals surface area contributed by atoms with E-state index in [1.807, 2.05) is 6.92 Å². The first-order chi connectivity index (χ1) is 16.6. The molecule has 0 saturated carbocycles. The molecule has 0 unspecified atom stereocenters. The third-order valence-electron chi connectivity index (χ3n) is 4.76. The van der Waals surface area contributed by atoms with Gasteiger partial charge in [-0.3, -0.25) is 9.59 Å². The standard InChI is InChI=1S/C24H24F2N2O6S/c1-5-10-32-24(31)19-13(2)20(23(30)28(3)4)35-22(19)27-21(29)18-9-7-15(34-18)12-33-17-8-6-14(25)11-16(17)26/h6-9,11H,5,10,12H2,1-4H3,(H,27,29). The van der Waals surface area contributed by atoms with Gasteiger partial charge < -0.3 is 24.1 Å². The Hall–Kier alpha value is -3.73. The number of nitrogens with zero attached hydrogens (tertiary/aromatic N) is 1. The molecule has 0 fully saturated rings. The van der Waals surface area contributed by atoms with Crippen molar-refractivity contribution >= 4 is 34.1 Å². The average Bonchev–Trinajstić information content (AvgIpc) is 3.41. The molecule has 1 aromatic carbocycles. The SMILES string of the molecule is CCCOC(=O)c1c(NC(=O)c2ccc(COc3ccc(F)cc3F)o2)sc(C(=O)N(C)C)c1C. The van der Waals surface area contributed by atoms with Crippen LogP contribution >= 0.6 is 11.3 Å². The molecule has 0 atom stereocenters. The van der Waals surface area contributed by atoms with Crippen molar-refractivity contribution in [2.45, 2.75) is 26.9 Å². The first-order valence-corrected chi connectivity index (χ1v) is 11.4. The Bertz CT molecular complexity index is 1250. The Morgan fingerprint density at radius 2 is 1.89 bits per heavy atom. The zero-order valence-electron chi connectivity index (χ0n) is 19.6. The molecule has 0 radical (unpaired) electrons. The van der Waals surface area contributed by atoms with Crippen LogP contribution in [-0.2, 0) is 11.3 Å². The van der Waals surface area contributed by atoms with Crippen molar-refractivity contribution < 1.29 is 37.1 Å². The summed E-state index contributed by atoms with van der Waals surface area (Å²) in [5.74, 6) is -3.28. The highest BCUT2D eigenvalue weighted by molar-refractivity contribution is 7.18. The van der Waals surface area contributed by atoms with Gasteiger partial charge in [-0.1, -0.05) is 6.92 Å². The lowest BCUT2D eigenvalue weighted by atomic mass is 10.1. The molecule has 2 heterocycles. The number of amides is 2. The van der Waals surface area contributed by atoms with Gasteiger partial charge in [-0.05, 0) is 43.2 Å². The Morgan fingerprint density at radius 1 is 1.14 bits per heavy atom. The monoisotopic (exact) mass is 506 g/mol. The van der Waals surface area contributed by atoms with E-state index in [2.05, 4.69) is 5.32 Å². The number of esters is 1. The molecule has 11 heteroatoms. The van der Waals surface area contributed by atoms with Gasteiger partial charge >= 0.3 is 5.97 Å². The third-order valence-corrected chi connectivity index (χ3v) is 5.96. The molecule has 2 amide bonds. The zero-order chi connectivity index (χ0) is 25.7. The molecule has 0 saturated heterocycles. The van der Waals surface area contributed by atoms with E-state index in [0.717, 1.165) is 23.5 Å². The Kier molecular flexibility index (Phi) is 8.23. The maximum absolute atomic E-state index is 13.7. The topological polar surface area (TPSA) is 98.1 Å². The molecule has 0 bridgehead atoms. The summed E-state index contributed by atoms with van der Waals surface area (Å²) in [5.41, 5.74) is 0.504. The normalized spacial score (nSPS) is 10.7. The lowest BCUT2D eigenvalue weighted by Gasteiger charge is -2.09. The molecule has 2 aromatic heterocycles. The summed E-state index contributed by atoms with van der Waals surface area (Å²) < 4.78 is 42.7. The summed E-state index contributed by atoms with van der Waals surface area (Å²) in [4.78, 5) is 39.7. The number of carbonyl (C=O) groups excluding carboxylic acids is 3. The predicted octanol–water partition coefficient (Wildman–Crippen LogP) is 5.03. The van der Waals surface area contributed by atoms with Crippen LogP contribution in [0.5, 0.6) is 5.75 Å². The van der Waals surface area contributed by atoms with Gasteiger partial charge in [0.25, 0.3) is 11.8 Å². The van der Waals surface area contributed by atoms with Crippen LogP contribution in [0.3, 0.4) is 0 Å². The minimum atomic E-state index is -0.867. The first-order valence-electron chi connectivity index (χ1n) is 10.6. The molecular weight excluding hydrogens is 482 g/mol. The smallest absolute Gasteiger partial charge is 0.341 e. The molecule has 1 N–H and O–H groups in total. The maximum atomic E-state index is 13.7. The fourth-order valence-electron chi connectivity index (χ4n) is 3.00. The summed E-state index contributed by atoms with van der Waals surface area (Å²) >= 11 is 0.962. The summed E-state index contributed by atoms with van der Waals surface area (Å²) in [5, 5.41) is 2.77. The van der Waals surface area contributed by atoms with Crippen molar-refractivity contribution in [2.75, 3.05) is 26.0 Å². The number of hydrogen-bond acceptors (Lipinski definition) is 7. The van der Waals surface area contributed by atoms with Gasteiger partial charge in [0, 0.05) is 20.2 Å². The Morgan fingerprint density at radius 3 is 2.54 bits per heavy atom. The van der Waals surface area contributed by atoms with E-state index >= 15 is 0 Å². The number of furan rings is 1. The van der Waals surface area contributed by atoms with Crippen molar-refractivity contribution in [1.82, 2.24) is 4.90 Å². The number of nitrogens with one attached hydrogen (secondary N) is 1. The molecule has 186 valence electrons. The van der Waals surface area contributed by atoms with Crippen molar-refractivity contribution in [3.05, 3.63) is 69.5 Å². The number of anilines is 1. The van der Waals surface area contributed by atoms with E-state index in [-0.39, 0.29) is 47.0 Å². The van der Waals surface area contributed by atoms with Crippen LogP contribution in [0.4, 0.5) is 13.8 Å². The average molecular weight is 507 g/mol. The fraction of sp³-hybridized carbons (Fsp3) is 0.292. The summed E-state index contributed by atoms with van der Waals surface area (Å²) in [6.07, 6.45) is 0.610. The van der Waals surface area contributed by atoms with Crippen LogP contribution in [-0.4, -0.2) is 43.4 Å². The highest BCUT2D eigenvalue weighted by Crippen LogP contribution is 2.35. The van der Waals surface area contributed by atoms with Crippen molar-refractivity contribution in [2.24, 2.45) is 0 Å². The minimum Gasteiger partial charge on any atom is -0.483 e. The van der Waals surface area contributed by atoms with E-state index in [1.54, 1.807) is 21.0 Å². The number of halogens is 2. The van der Waals surface area contributed by atoms with Crippen LogP contribution in [0.15, 0.2) is 34.7 Å². The zero-order valence-corrected chi connectivity index (χ0v) is 20.4. The number of rotatable bonds is 9. The van der Waals surface area contributed by atoms with E-state index < -0.39 is 23.5 Å². The van der Waals surface area contributed by atoms with Gasteiger partial charge in [0.1, 0.15) is 23.2 Å². The van der Waals surface area contributed by atoms with Gasteiger partial charge in [-0.25, -0.2) is 13.6 Å². The Labute approximate surface area is 204 Å². The molecule has 0 aliphatic rings. The molecule has 3 rings (SSSR count). The van der Waals surface area contributed by atoms with Gasteiger partial charge in [0.05, 0.1) is 17.0 Å². The highest BCUT2D eigenvalue weighted by atomic mass is 32.1. The number of benzene rings is 1. The number of thiophene rings is 1. The third kappa shape index (κ3) is 6.04. The summed E-state index contributed by atoms with van der Waals surface area (Å²) in [6, 6.07) is 5.74. The van der Waals surface area contributed by atoms with Crippen molar-refractivity contribution in [1.29, 1.82) is 0 Å². The van der Waals surface area contributed by atoms with Crippen molar-refractivity contribution in [3.8, 4) is 5.75 Å². The molecule has 3 aromatic rings. The largest absolute Gasteiger partial charge is 0.483 e. The van der Waals surface area contributed by atoms with Gasteiger partial charge in [-0.2, -0.15) is 0 Å². The van der Waals surface area contributed by atoms with Crippen molar-refractivity contribution in [3.63, 3.8) is 0 Å². The molecule has 8 nitrogen and oxygen atoms in total. The number of carbonyl (C=O) groups is 3. The molecule has 0 spiro atoms. The second kappa shape index (κ2) is 11.1. The van der Waals surface area contributed by atoms with E-state index in [9.17, 15) is 23.2 Å². The summed E-state index contributed by atoms with van der Waals surface area (Å²) in [7, 11) is 3.16. The van der Waals surface area contributed by atoms with Crippen LogP contribution < -0.4 is 10.1 Å². The van der Waals surface area contributed by atoms with Gasteiger partial charge in [-0.15, -0.1) is 11.3 Å². The van der Waals surface area contributed by atoms with E-state index in [1.165, 1.54) is 17.0 Å². The minimum absolute atomic E-state index is 0.0948. The number of ether oxygens (including phenoxy) is 2. The van der Waals surface area contributed by atoms with Crippen LogP contribution in [0, 0.1) is 18.6 Å². The van der Waals surface area contributed by atoms with Crippen LogP contribution in [0.2, 0.25) is 0 Å². The van der Waals surface area contributed by atoms with E-state index in [4.69, 9.17) is 13.9 Å². The van der Waals surface area contributed by atoms with Gasteiger partial charge in [0.15, 0.2) is 17.3 Å². The van der Waals surface area contributed by atoms with Crippen LogP contribution in [0.25, 0.3) is 0 Å². The van der Waals surface area contributed by atoms with Gasteiger partial charge in [0.2, 0.25) is 0 Å². The fourth-order valence-corrected chi connectivity index (χ4v) is 4.22. The highest BCUT2D eigenvalue weighted by Gasteiger charge is 2.28. The maximum Gasteiger partial charge on any atom is 0.341 e. The van der Waals surface area contributed by atoms with E-state index in [0.29, 0.717) is 22.9 Å². The number of hydrogen-bond donors (Lipinski definition) is 1.